The molecule has 28 heavy (non-hydrogen) atoms. The zero-order chi connectivity index (χ0) is 20.9. The van der Waals surface area contributed by atoms with E-state index in [1.54, 1.807) is 0 Å². The SMILES string of the molecule is CC(C=NOCC(F)(F)F)NC(=O)c1ccc(-c2noc(C(F)(F)F)n2)cc1. The molecule has 0 fully saturated rings. The summed E-state index contributed by atoms with van der Waals surface area (Å²) in [5.41, 5.74) is 0.325. The summed E-state index contributed by atoms with van der Waals surface area (Å²) >= 11 is 0. The van der Waals surface area contributed by atoms with Gasteiger partial charge < -0.3 is 14.7 Å². The Balaban J connectivity index is 1.94. The summed E-state index contributed by atoms with van der Waals surface area (Å²) in [5, 5.41) is 8.75. The first-order chi connectivity index (χ1) is 13.0. The number of alkyl halides is 6. The maximum Gasteiger partial charge on any atom is 0.471 e. The fraction of sp³-hybridized carbons (Fsp3) is 0.333. The predicted molar refractivity (Wildman–Crippen MR) is 82.2 cm³/mol. The number of aromatic nitrogens is 2. The molecular weight excluding hydrogens is 398 g/mol. The molecule has 1 aromatic heterocycles. The third-order valence-electron chi connectivity index (χ3n) is 3.02. The molecule has 0 aliphatic heterocycles. The first-order valence-electron chi connectivity index (χ1n) is 7.50. The van der Waals surface area contributed by atoms with Crippen molar-refractivity contribution in [3.05, 3.63) is 35.7 Å². The smallest absolute Gasteiger partial charge is 0.386 e. The van der Waals surface area contributed by atoms with Crippen molar-refractivity contribution in [1.82, 2.24) is 15.5 Å². The molecule has 1 N–H and O–H groups in total. The number of rotatable bonds is 6. The van der Waals surface area contributed by atoms with Gasteiger partial charge >= 0.3 is 18.2 Å². The summed E-state index contributed by atoms with van der Waals surface area (Å²) in [5.74, 6) is -2.39. The Morgan fingerprint density at radius 2 is 1.89 bits per heavy atom. The first-order valence-corrected chi connectivity index (χ1v) is 7.50. The van der Waals surface area contributed by atoms with Gasteiger partial charge in [0.2, 0.25) is 12.4 Å². The molecule has 0 spiro atoms. The van der Waals surface area contributed by atoms with Gasteiger partial charge in [0.1, 0.15) is 0 Å². The number of amides is 1. The van der Waals surface area contributed by atoms with Crippen LogP contribution in [-0.4, -0.2) is 41.1 Å². The number of hydrogen-bond acceptors (Lipinski definition) is 6. The summed E-state index contributed by atoms with van der Waals surface area (Å²) in [6.07, 6.45) is -8.33. The molecule has 0 radical (unpaired) electrons. The van der Waals surface area contributed by atoms with Crippen molar-refractivity contribution in [2.45, 2.75) is 25.3 Å². The number of carbonyl (C=O) groups excluding carboxylic acids is 1. The number of carbonyl (C=O) groups is 1. The minimum absolute atomic E-state index is 0.139. The third kappa shape index (κ3) is 6.25. The second-order valence-corrected chi connectivity index (χ2v) is 5.40. The van der Waals surface area contributed by atoms with E-state index < -0.39 is 36.8 Å². The van der Waals surface area contributed by atoms with Gasteiger partial charge in [0.15, 0.2) is 0 Å². The second kappa shape index (κ2) is 8.27. The highest BCUT2D eigenvalue weighted by Crippen LogP contribution is 2.29. The molecule has 2 rings (SSSR count). The van der Waals surface area contributed by atoms with Crippen molar-refractivity contribution >= 4 is 12.1 Å². The average molecular weight is 410 g/mol. The number of nitrogens with zero attached hydrogens (tertiary/aromatic N) is 3. The number of hydrogen-bond donors (Lipinski definition) is 1. The van der Waals surface area contributed by atoms with Crippen LogP contribution in [0.3, 0.4) is 0 Å². The zero-order valence-corrected chi connectivity index (χ0v) is 14.0. The summed E-state index contributed by atoms with van der Waals surface area (Å²) in [7, 11) is 0. The van der Waals surface area contributed by atoms with Crippen molar-refractivity contribution in [1.29, 1.82) is 0 Å². The molecule has 0 bridgehead atoms. The second-order valence-electron chi connectivity index (χ2n) is 5.40. The van der Waals surface area contributed by atoms with Crippen molar-refractivity contribution < 1.29 is 40.5 Å². The van der Waals surface area contributed by atoms with E-state index in [-0.39, 0.29) is 17.0 Å². The monoisotopic (exact) mass is 410 g/mol. The molecule has 0 aliphatic carbocycles. The Labute approximate surface area is 153 Å². The molecule has 152 valence electrons. The molecule has 7 nitrogen and oxygen atoms in total. The highest BCUT2D eigenvalue weighted by Gasteiger charge is 2.38. The Hall–Kier alpha value is -3.12. The molecule has 1 aromatic carbocycles. The van der Waals surface area contributed by atoms with Crippen LogP contribution in [0.4, 0.5) is 26.3 Å². The summed E-state index contributed by atoms with van der Waals surface area (Å²) in [6.45, 7) is -0.109. The maximum atomic E-state index is 12.5. The van der Waals surface area contributed by atoms with Crippen LogP contribution in [0.25, 0.3) is 11.4 Å². The van der Waals surface area contributed by atoms with Gasteiger partial charge in [0.25, 0.3) is 5.91 Å². The third-order valence-corrected chi connectivity index (χ3v) is 3.02. The van der Waals surface area contributed by atoms with Crippen LogP contribution in [0.1, 0.15) is 23.2 Å². The minimum Gasteiger partial charge on any atom is -0.386 e. The van der Waals surface area contributed by atoms with Crippen molar-refractivity contribution in [2.75, 3.05) is 6.61 Å². The Bertz CT molecular complexity index is 830. The molecule has 1 unspecified atom stereocenters. The fourth-order valence-electron chi connectivity index (χ4n) is 1.80. The quantitative estimate of drug-likeness (QED) is 0.448. The highest BCUT2D eigenvalue weighted by molar-refractivity contribution is 5.96. The number of benzene rings is 1. The normalized spacial score (nSPS) is 13.5. The van der Waals surface area contributed by atoms with Gasteiger partial charge in [-0.05, 0) is 19.1 Å². The molecule has 0 saturated heterocycles. The van der Waals surface area contributed by atoms with Crippen LogP contribution in [0.15, 0.2) is 33.9 Å². The largest absolute Gasteiger partial charge is 0.471 e. The van der Waals surface area contributed by atoms with Crippen molar-refractivity contribution in [3.63, 3.8) is 0 Å². The Kier molecular flexibility index (Phi) is 6.26. The number of halogens is 6. The molecule has 1 amide bonds. The van der Waals surface area contributed by atoms with E-state index in [9.17, 15) is 31.1 Å². The lowest BCUT2D eigenvalue weighted by atomic mass is 10.1. The molecule has 13 heteroatoms. The topological polar surface area (TPSA) is 89.6 Å². The fourth-order valence-corrected chi connectivity index (χ4v) is 1.80. The van der Waals surface area contributed by atoms with Gasteiger partial charge in [0.05, 0.1) is 12.3 Å². The standard InChI is InChI=1S/C15H12F6N4O3/c1-8(6-22-27-7-14(16,17)18)23-12(26)10-4-2-9(3-5-10)11-24-13(28-25-11)15(19,20)21/h2-6,8H,7H2,1H3,(H,23,26). The van der Waals surface area contributed by atoms with Gasteiger partial charge in [-0.1, -0.05) is 22.4 Å². The minimum atomic E-state index is -4.77. The average Bonchev–Trinajstić information content (AvgIpc) is 3.08. The predicted octanol–water partition coefficient (Wildman–Crippen LogP) is 3.44. The van der Waals surface area contributed by atoms with Crippen LogP contribution < -0.4 is 5.32 Å². The van der Waals surface area contributed by atoms with Crippen LogP contribution in [0, 0.1) is 0 Å². The molecule has 0 saturated carbocycles. The van der Waals surface area contributed by atoms with E-state index in [1.807, 2.05) is 0 Å². The zero-order valence-electron chi connectivity index (χ0n) is 14.0. The van der Waals surface area contributed by atoms with Crippen LogP contribution in [0.5, 0.6) is 0 Å². The van der Waals surface area contributed by atoms with Crippen LogP contribution in [-0.2, 0) is 11.0 Å². The van der Waals surface area contributed by atoms with Gasteiger partial charge in [-0.15, -0.1) is 0 Å². The highest BCUT2D eigenvalue weighted by atomic mass is 19.4. The van der Waals surface area contributed by atoms with Crippen molar-refractivity contribution in [3.8, 4) is 11.4 Å². The Morgan fingerprint density at radius 3 is 2.43 bits per heavy atom. The van der Waals surface area contributed by atoms with Crippen LogP contribution in [0.2, 0.25) is 0 Å². The summed E-state index contributed by atoms with van der Waals surface area (Å²) in [4.78, 5) is 19.3. The lowest BCUT2D eigenvalue weighted by Gasteiger charge is -2.09. The van der Waals surface area contributed by atoms with E-state index in [1.165, 1.54) is 31.2 Å². The maximum absolute atomic E-state index is 12.5. The number of nitrogens with one attached hydrogen (secondary N) is 1. The van der Waals surface area contributed by atoms with Gasteiger partial charge in [-0.2, -0.15) is 31.3 Å². The van der Waals surface area contributed by atoms with E-state index in [2.05, 4.69) is 30.0 Å². The molecular formula is C15H12F6N4O3. The number of oxime groups is 1. The molecule has 1 heterocycles. The first kappa shape index (κ1) is 21.2. The van der Waals surface area contributed by atoms with E-state index in [0.717, 1.165) is 6.21 Å². The lowest BCUT2D eigenvalue weighted by Crippen LogP contribution is -2.33. The molecule has 1 atom stereocenters. The molecule has 2 aromatic rings. The van der Waals surface area contributed by atoms with Crippen LogP contribution >= 0.6 is 0 Å². The lowest BCUT2D eigenvalue weighted by molar-refractivity contribution is -0.173. The Morgan fingerprint density at radius 1 is 1.25 bits per heavy atom. The van der Waals surface area contributed by atoms with Gasteiger partial charge in [0, 0.05) is 11.1 Å². The summed E-state index contributed by atoms with van der Waals surface area (Å²) < 4.78 is 77.1. The van der Waals surface area contributed by atoms with Gasteiger partial charge in [-0.3, -0.25) is 4.79 Å². The summed E-state index contributed by atoms with van der Waals surface area (Å²) in [6, 6.07) is 4.49. The molecule has 0 aliphatic rings. The van der Waals surface area contributed by atoms with E-state index >= 15 is 0 Å². The van der Waals surface area contributed by atoms with E-state index in [0.29, 0.717) is 0 Å². The van der Waals surface area contributed by atoms with Crippen molar-refractivity contribution in [2.24, 2.45) is 5.16 Å². The van der Waals surface area contributed by atoms with Gasteiger partial charge in [-0.25, -0.2) is 0 Å². The van der Waals surface area contributed by atoms with E-state index in [4.69, 9.17) is 0 Å².